The Morgan fingerprint density at radius 1 is 1.64 bits per heavy atom. The van der Waals surface area contributed by atoms with E-state index in [0.29, 0.717) is 6.54 Å². The molecule has 1 fully saturated rings. The van der Waals surface area contributed by atoms with Gasteiger partial charge in [0.2, 0.25) is 0 Å². The van der Waals surface area contributed by atoms with Crippen molar-refractivity contribution in [2.45, 2.75) is 26.5 Å². The topological polar surface area (TPSA) is 47.4 Å². The highest BCUT2D eigenvalue weighted by molar-refractivity contribution is 9.10. The van der Waals surface area contributed by atoms with Gasteiger partial charge in [-0.1, -0.05) is 0 Å². The highest BCUT2D eigenvalue weighted by Crippen LogP contribution is 2.18. The molecule has 0 spiro atoms. The van der Waals surface area contributed by atoms with Gasteiger partial charge >= 0.3 is 5.69 Å². The third-order valence-corrected chi connectivity index (χ3v) is 3.47. The van der Waals surface area contributed by atoms with Crippen molar-refractivity contribution in [3.63, 3.8) is 0 Å². The zero-order valence-corrected chi connectivity index (χ0v) is 9.67. The lowest BCUT2D eigenvalue weighted by molar-refractivity contribution is 0.376. The molecule has 0 aliphatic carbocycles. The van der Waals surface area contributed by atoms with Crippen molar-refractivity contribution < 1.29 is 4.74 Å². The maximum atomic E-state index is 11.6. The van der Waals surface area contributed by atoms with Crippen LogP contribution in [0.4, 0.5) is 0 Å². The highest BCUT2D eigenvalue weighted by atomic mass is 79.9. The first kappa shape index (κ1) is 9.86. The molecular weight excluding hydrogens is 248 g/mol. The van der Waals surface area contributed by atoms with Gasteiger partial charge in [0.1, 0.15) is 0 Å². The van der Waals surface area contributed by atoms with E-state index in [0.717, 1.165) is 22.5 Å². The Hall–Kier alpha value is -0.680. The van der Waals surface area contributed by atoms with Gasteiger partial charge in [0, 0.05) is 5.69 Å². The van der Waals surface area contributed by atoms with Crippen LogP contribution in [0, 0.1) is 13.8 Å². The summed E-state index contributed by atoms with van der Waals surface area (Å²) in [5.74, 6) is 0. The average molecular weight is 259 g/mol. The molecular formula is C9H11BrN2O2. The van der Waals surface area contributed by atoms with Gasteiger partial charge in [-0.05, 0) is 29.8 Å². The first-order valence-corrected chi connectivity index (χ1v) is 5.24. The monoisotopic (exact) mass is 258 g/mol. The van der Waals surface area contributed by atoms with Crippen LogP contribution in [0.3, 0.4) is 0 Å². The number of ether oxygens (including phenoxy) is 1. The summed E-state index contributed by atoms with van der Waals surface area (Å²) >= 11 is 3.41. The number of aromatic nitrogens is 2. The molecule has 0 N–H and O–H groups in total. The molecule has 14 heavy (non-hydrogen) atoms. The Morgan fingerprint density at radius 3 is 2.86 bits per heavy atom. The van der Waals surface area contributed by atoms with Crippen LogP contribution >= 0.6 is 15.9 Å². The summed E-state index contributed by atoms with van der Waals surface area (Å²) < 4.78 is 7.64. The van der Waals surface area contributed by atoms with Gasteiger partial charge in [-0.3, -0.25) is 4.57 Å². The van der Waals surface area contributed by atoms with Gasteiger partial charge in [0.05, 0.1) is 29.4 Å². The summed E-state index contributed by atoms with van der Waals surface area (Å²) in [7, 11) is 0. The molecule has 2 rings (SSSR count). The van der Waals surface area contributed by atoms with E-state index >= 15 is 0 Å². The molecule has 1 aliphatic rings. The van der Waals surface area contributed by atoms with Crippen molar-refractivity contribution in [1.29, 1.82) is 0 Å². The Morgan fingerprint density at radius 2 is 2.29 bits per heavy atom. The zero-order chi connectivity index (χ0) is 10.3. The molecule has 0 amide bonds. The molecule has 1 unspecified atom stereocenters. The van der Waals surface area contributed by atoms with Crippen LogP contribution in [0.1, 0.15) is 11.4 Å². The van der Waals surface area contributed by atoms with E-state index in [2.05, 4.69) is 20.9 Å². The summed E-state index contributed by atoms with van der Waals surface area (Å²) in [6.45, 7) is 5.08. The van der Waals surface area contributed by atoms with E-state index in [-0.39, 0.29) is 11.8 Å². The van der Waals surface area contributed by atoms with Gasteiger partial charge in [-0.25, -0.2) is 4.79 Å². The standard InChI is InChI=1S/C9H11BrN2O2/c1-5-8(10)6(2)12(9(13)11-5)3-7-4-14-7/h7H,3-4H2,1-2H3. The minimum atomic E-state index is -0.196. The molecule has 0 aromatic carbocycles. The van der Waals surface area contributed by atoms with Crippen LogP contribution in [0.25, 0.3) is 0 Å². The first-order valence-electron chi connectivity index (χ1n) is 4.44. The number of aryl methyl sites for hydroxylation is 1. The molecule has 1 aliphatic heterocycles. The van der Waals surface area contributed by atoms with Gasteiger partial charge in [-0.15, -0.1) is 0 Å². The van der Waals surface area contributed by atoms with E-state index in [1.54, 1.807) is 4.57 Å². The third-order valence-electron chi connectivity index (χ3n) is 2.32. The predicted octanol–water partition coefficient (Wildman–Crippen LogP) is 1.02. The van der Waals surface area contributed by atoms with Gasteiger partial charge in [0.25, 0.3) is 0 Å². The Labute approximate surface area is 90.0 Å². The fraction of sp³-hybridized carbons (Fsp3) is 0.556. The maximum Gasteiger partial charge on any atom is 0.348 e. The highest BCUT2D eigenvalue weighted by Gasteiger charge is 2.24. The van der Waals surface area contributed by atoms with Gasteiger partial charge < -0.3 is 4.74 Å². The summed E-state index contributed by atoms with van der Waals surface area (Å²) in [5.41, 5.74) is 1.46. The minimum absolute atomic E-state index is 0.196. The predicted molar refractivity (Wildman–Crippen MR) is 55.4 cm³/mol. The molecule has 5 heteroatoms. The smallest absolute Gasteiger partial charge is 0.348 e. The van der Waals surface area contributed by atoms with Crippen LogP contribution in [-0.4, -0.2) is 22.3 Å². The summed E-state index contributed by atoms with van der Waals surface area (Å²) in [6.07, 6.45) is 0.197. The summed E-state index contributed by atoms with van der Waals surface area (Å²) in [5, 5.41) is 0. The van der Waals surface area contributed by atoms with Crippen LogP contribution in [0.15, 0.2) is 9.27 Å². The Balaban J connectivity index is 2.46. The first-order chi connectivity index (χ1) is 6.59. The Kier molecular flexibility index (Phi) is 2.45. The fourth-order valence-corrected chi connectivity index (χ4v) is 1.67. The van der Waals surface area contributed by atoms with Crippen molar-refractivity contribution in [3.05, 3.63) is 26.3 Å². The molecule has 2 heterocycles. The molecule has 76 valence electrons. The van der Waals surface area contributed by atoms with E-state index in [1.165, 1.54) is 0 Å². The molecule has 1 aromatic rings. The molecule has 1 atom stereocenters. The van der Waals surface area contributed by atoms with Crippen LogP contribution in [0.5, 0.6) is 0 Å². The lowest BCUT2D eigenvalue weighted by Crippen LogP contribution is -2.28. The van der Waals surface area contributed by atoms with Crippen LogP contribution < -0.4 is 5.69 Å². The zero-order valence-electron chi connectivity index (χ0n) is 8.08. The van der Waals surface area contributed by atoms with Crippen molar-refractivity contribution in [2.75, 3.05) is 6.61 Å². The number of hydrogen-bond donors (Lipinski definition) is 0. The second-order valence-electron chi connectivity index (χ2n) is 3.45. The van der Waals surface area contributed by atoms with Crippen molar-refractivity contribution in [1.82, 2.24) is 9.55 Å². The SMILES string of the molecule is Cc1nc(=O)n(CC2CO2)c(C)c1Br. The van der Waals surface area contributed by atoms with Crippen molar-refractivity contribution >= 4 is 15.9 Å². The van der Waals surface area contributed by atoms with Crippen molar-refractivity contribution in [2.24, 2.45) is 0 Å². The largest absolute Gasteiger partial charge is 0.371 e. The number of rotatable bonds is 2. The second-order valence-corrected chi connectivity index (χ2v) is 4.24. The van der Waals surface area contributed by atoms with E-state index in [1.807, 2.05) is 13.8 Å². The van der Waals surface area contributed by atoms with Gasteiger partial charge in [-0.2, -0.15) is 4.98 Å². The number of hydrogen-bond acceptors (Lipinski definition) is 3. The number of halogens is 1. The van der Waals surface area contributed by atoms with Crippen molar-refractivity contribution in [3.8, 4) is 0 Å². The van der Waals surface area contributed by atoms with E-state index in [9.17, 15) is 4.79 Å². The lowest BCUT2D eigenvalue weighted by Gasteiger charge is -2.10. The molecule has 1 saturated heterocycles. The normalized spacial score (nSPS) is 19.8. The maximum absolute atomic E-state index is 11.6. The lowest BCUT2D eigenvalue weighted by atomic mass is 10.3. The van der Waals surface area contributed by atoms with Crippen LogP contribution in [0.2, 0.25) is 0 Å². The average Bonchev–Trinajstić information content (AvgIpc) is 2.92. The second kappa shape index (κ2) is 3.47. The number of nitrogens with zero attached hydrogens (tertiary/aromatic N) is 2. The fourth-order valence-electron chi connectivity index (χ4n) is 1.37. The third kappa shape index (κ3) is 1.74. The van der Waals surface area contributed by atoms with E-state index in [4.69, 9.17) is 4.74 Å². The summed E-state index contributed by atoms with van der Waals surface area (Å²) in [4.78, 5) is 15.5. The molecule has 0 radical (unpaired) electrons. The number of epoxide rings is 1. The minimum Gasteiger partial charge on any atom is -0.371 e. The quantitative estimate of drug-likeness (QED) is 0.745. The molecule has 4 nitrogen and oxygen atoms in total. The van der Waals surface area contributed by atoms with Crippen LogP contribution in [-0.2, 0) is 11.3 Å². The molecule has 1 aromatic heterocycles. The van der Waals surface area contributed by atoms with E-state index < -0.39 is 0 Å². The van der Waals surface area contributed by atoms with Gasteiger partial charge in [0.15, 0.2) is 0 Å². The summed E-state index contributed by atoms with van der Waals surface area (Å²) in [6, 6.07) is 0. The molecule has 0 saturated carbocycles. The Bertz CT molecular complexity index is 424. The molecule has 0 bridgehead atoms.